The molecule has 5 heteroatoms. The van der Waals surface area contributed by atoms with Gasteiger partial charge in [-0.1, -0.05) is 31.4 Å². The molecular weight excluding hydrogens is 324 g/mol. The number of carbonyl (C=O) groups excluding carboxylic acids is 1. The summed E-state index contributed by atoms with van der Waals surface area (Å²) in [6.07, 6.45) is 5.02. The molecule has 0 atom stereocenters. The van der Waals surface area contributed by atoms with Crippen molar-refractivity contribution in [2.75, 3.05) is 6.61 Å². The van der Waals surface area contributed by atoms with Gasteiger partial charge in [0.05, 0.1) is 12.8 Å². The molecule has 2 rings (SSSR count). The highest BCUT2D eigenvalue weighted by atomic mass is 35.5. The topological polar surface area (TPSA) is 50.7 Å². The zero-order chi connectivity index (χ0) is 17.2. The van der Waals surface area contributed by atoms with Crippen LogP contribution in [0.2, 0.25) is 5.02 Å². The monoisotopic (exact) mass is 344 g/mol. The van der Waals surface area contributed by atoms with E-state index in [4.69, 9.17) is 16.3 Å². The standard InChI is InChI=1S/C19H21ClN2O2/c1-2-3-4-13-24-18-11-5-15(6-12-18)14-21-22-19(23)16-7-9-17(20)10-8-16/h5-12,14H,2-4,13H2,1H3,(H,22,23)/b21-14+. The molecule has 0 unspecified atom stereocenters. The van der Waals surface area contributed by atoms with E-state index >= 15 is 0 Å². The molecule has 2 aromatic carbocycles. The van der Waals surface area contributed by atoms with Gasteiger partial charge in [0.2, 0.25) is 0 Å². The van der Waals surface area contributed by atoms with E-state index in [0.29, 0.717) is 10.6 Å². The Hall–Kier alpha value is -2.33. The number of amides is 1. The highest BCUT2D eigenvalue weighted by Crippen LogP contribution is 2.12. The maximum absolute atomic E-state index is 11.9. The first-order valence-electron chi connectivity index (χ1n) is 8.01. The second-order valence-electron chi connectivity index (χ2n) is 5.33. The van der Waals surface area contributed by atoms with Crippen LogP contribution in [-0.2, 0) is 0 Å². The minimum absolute atomic E-state index is 0.279. The number of unbranched alkanes of at least 4 members (excludes halogenated alkanes) is 2. The summed E-state index contributed by atoms with van der Waals surface area (Å²) in [5.74, 6) is 0.562. The first-order valence-corrected chi connectivity index (χ1v) is 8.38. The lowest BCUT2D eigenvalue weighted by molar-refractivity contribution is 0.0955. The van der Waals surface area contributed by atoms with Crippen molar-refractivity contribution in [2.45, 2.75) is 26.2 Å². The van der Waals surface area contributed by atoms with Gasteiger partial charge in [-0.25, -0.2) is 5.43 Å². The molecule has 0 aromatic heterocycles. The molecular formula is C19H21ClN2O2. The van der Waals surface area contributed by atoms with Gasteiger partial charge in [-0.15, -0.1) is 0 Å². The summed E-state index contributed by atoms with van der Waals surface area (Å²) in [7, 11) is 0. The molecule has 0 aliphatic carbocycles. The first kappa shape index (κ1) is 18.0. The second kappa shape index (κ2) is 9.73. The summed E-state index contributed by atoms with van der Waals surface area (Å²) in [6, 6.07) is 14.2. The largest absolute Gasteiger partial charge is 0.494 e. The summed E-state index contributed by atoms with van der Waals surface area (Å²) in [5, 5.41) is 4.55. The third-order valence-electron chi connectivity index (χ3n) is 3.38. The third-order valence-corrected chi connectivity index (χ3v) is 3.63. The van der Waals surface area contributed by atoms with Gasteiger partial charge in [0.25, 0.3) is 5.91 Å². The van der Waals surface area contributed by atoms with Crippen molar-refractivity contribution in [2.24, 2.45) is 5.10 Å². The van der Waals surface area contributed by atoms with Gasteiger partial charge >= 0.3 is 0 Å². The first-order chi connectivity index (χ1) is 11.7. The molecule has 0 aliphatic heterocycles. The smallest absolute Gasteiger partial charge is 0.271 e. The molecule has 1 N–H and O–H groups in total. The van der Waals surface area contributed by atoms with E-state index in [0.717, 1.165) is 24.3 Å². The number of hydrogen-bond acceptors (Lipinski definition) is 3. The summed E-state index contributed by atoms with van der Waals surface area (Å²) < 4.78 is 5.65. The lowest BCUT2D eigenvalue weighted by Crippen LogP contribution is -2.17. The van der Waals surface area contributed by atoms with Gasteiger partial charge in [0.15, 0.2) is 0 Å². The number of nitrogens with zero attached hydrogens (tertiary/aromatic N) is 1. The van der Waals surface area contributed by atoms with Crippen LogP contribution in [0.5, 0.6) is 5.75 Å². The average molecular weight is 345 g/mol. The summed E-state index contributed by atoms with van der Waals surface area (Å²) >= 11 is 5.79. The van der Waals surface area contributed by atoms with Crippen molar-refractivity contribution >= 4 is 23.7 Å². The molecule has 0 aliphatic rings. The minimum Gasteiger partial charge on any atom is -0.494 e. The van der Waals surface area contributed by atoms with Crippen molar-refractivity contribution in [3.05, 3.63) is 64.7 Å². The van der Waals surface area contributed by atoms with E-state index in [1.165, 1.54) is 12.8 Å². The SMILES string of the molecule is CCCCCOc1ccc(/C=N/NC(=O)c2ccc(Cl)cc2)cc1. The number of carbonyl (C=O) groups is 1. The Morgan fingerprint density at radius 1 is 1.12 bits per heavy atom. The summed E-state index contributed by atoms with van der Waals surface area (Å²) in [5.41, 5.74) is 3.87. The van der Waals surface area contributed by atoms with Crippen LogP contribution >= 0.6 is 11.6 Å². The van der Waals surface area contributed by atoms with Crippen LogP contribution in [-0.4, -0.2) is 18.7 Å². The zero-order valence-corrected chi connectivity index (χ0v) is 14.4. The second-order valence-corrected chi connectivity index (χ2v) is 5.77. The predicted molar refractivity (Wildman–Crippen MR) is 98.0 cm³/mol. The Labute approximate surface area is 147 Å². The molecule has 0 radical (unpaired) electrons. The fraction of sp³-hybridized carbons (Fsp3) is 0.263. The van der Waals surface area contributed by atoms with Gasteiger partial charge in [-0.3, -0.25) is 4.79 Å². The molecule has 24 heavy (non-hydrogen) atoms. The molecule has 0 spiro atoms. The fourth-order valence-electron chi connectivity index (χ4n) is 2.02. The van der Waals surface area contributed by atoms with Crippen LogP contribution in [0.15, 0.2) is 53.6 Å². The highest BCUT2D eigenvalue weighted by molar-refractivity contribution is 6.30. The third kappa shape index (κ3) is 6.05. The van der Waals surface area contributed by atoms with Crippen LogP contribution in [0.3, 0.4) is 0 Å². The van der Waals surface area contributed by atoms with Crippen molar-refractivity contribution in [3.8, 4) is 5.75 Å². The normalized spacial score (nSPS) is 10.8. The molecule has 0 bridgehead atoms. The number of hydrogen-bond donors (Lipinski definition) is 1. The van der Waals surface area contributed by atoms with Crippen molar-refractivity contribution in [3.63, 3.8) is 0 Å². The van der Waals surface area contributed by atoms with E-state index in [2.05, 4.69) is 17.5 Å². The number of ether oxygens (including phenoxy) is 1. The quantitative estimate of drug-likeness (QED) is 0.429. The molecule has 0 saturated heterocycles. The number of benzene rings is 2. The van der Waals surface area contributed by atoms with Gasteiger partial charge in [0, 0.05) is 10.6 Å². The van der Waals surface area contributed by atoms with E-state index in [1.54, 1.807) is 30.5 Å². The maximum Gasteiger partial charge on any atom is 0.271 e. The van der Waals surface area contributed by atoms with Crippen LogP contribution in [0.1, 0.15) is 42.1 Å². The lowest BCUT2D eigenvalue weighted by atomic mass is 10.2. The van der Waals surface area contributed by atoms with E-state index < -0.39 is 0 Å². The maximum atomic E-state index is 11.9. The van der Waals surface area contributed by atoms with Crippen molar-refractivity contribution < 1.29 is 9.53 Å². The Morgan fingerprint density at radius 3 is 2.50 bits per heavy atom. The van der Waals surface area contributed by atoms with Crippen LogP contribution in [0.25, 0.3) is 0 Å². The molecule has 0 fully saturated rings. The van der Waals surface area contributed by atoms with Gasteiger partial charge in [-0.2, -0.15) is 5.10 Å². The number of nitrogens with one attached hydrogen (secondary N) is 1. The Morgan fingerprint density at radius 2 is 1.83 bits per heavy atom. The average Bonchev–Trinajstić information content (AvgIpc) is 2.60. The van der Waals surface area contributed by atoms with Crippen LogP contribution < -0.4 is 10.2 Å². The van der Waals surface area contributed by atoms with Gasteiger partial charge in [0.1, 0.15) is 5.75 Å². The molecule has 0 heterocycles. The minimum atomic E-state index is -0.279. The van der Waals surface area contributed by atoms with Crippen LogP contribution in [0.4, 0.5) is 0 Å². The van der Waals surface area contributed by atoms with Crippen molar-refractivity contribution in [1.82, 2.24) is 5.43 Å². The van der Waals surface area contributed by atoms with E-state index in [1.807, 2.05) is 24.3 Å². The van der Waals surface area contributed by atoms with E-state index in [9.17, 15) is 4.79 Å². The molecule has 4 nitrogen and oxygen atoms in total. The Kier molecular flexibility index (Phi) is 7.30. The fourth-order valence-corrected chi connectivity index (χ4v) is 2.15. The van der Waals surface area contributed by atoms with Gasteiger partial charge in [-0.05, 0) is 60.5 Å². The van der Waals surface area contributed by atoms with Crippen molar-refractivity contribution in [1.29, 1.82) is 0 Å². The number of halogens is 1. The Balaban J connectivity index is 1.81. The number of rotatable bonds is 8. The zero-order valence-electron chi connectivity index (χ0n) is 13.7. The summed E-state index contributed by atoms with van der Waals surface area (Å²) in [4.78, 5) is 11.9. The molecule has 126 valence electrons. The summed E-state index contributed by atoms with van der Waals surface area (Å²) in [6.45, 7) is 2.90. The highest BCUT2D eigenvalue weighted by Gasteiger charge is 2.03. The van der Waals surface area contributed by atoms with E-state index in [-0.39, 0.29) is 5.91 Å². The van der Waals surface area contributed by atoms with Gasteiger partial charge < -0.3 is 4.74 Å². The van der Waals surface area contributed by atoms with Crippen LogP contribution in [0, 0.1) is 0 Å². The molecule has 0 saturated carbocycles. The lowest BCUT2D eigenvalue weighted by Gasteiger charge is -2.05. The Bertz CT molecular complexity index is 667. The molecule has 1 amide bonds. The molecule has 2 aromatic rings. The predicted octanol–water partition coefficient (Wildman–Crippen LogP) is 4.67. The number of hydrazone groups is 1.